The summed E-state index contributed by atoms with van der Waals surface area (Å²) in [5.41, 5.74) is 0. The maximum absolute atomic E-state index is 2.31. The fourth-order valence-corrected chi connectivity index (χ4v) is 2.68. The van der Waals surface area contributed by atoms with Gasteiger partial charge in [0.1, 0.15) is 0 Å². The van der Waals surface area contributed by atoms with Crippen LogP contribution in [0.15, 0.2) is 24.3 Å². The molecular formula is C13H24Al+. The van der Waals surface area contributed by atoms with Gasteiger partial charge in [-0.1, -0.05) is 24.3 Å². The van der Waals surface area contributed by atoms with Gasteiger partial charge >= 0.3 is 65.3 Å². The molecule has 0 nitrogen and oxygen atoms in total. The van der Waals surface area contributed by atoms with Gasteiger partial charge in [0.15, 0.2) is 0 Å². The Labute approximate surface area is 96.2 Å². The topological polar surface area (TPSA) is 0 Å². The monoisotopic (exact) mass is 207 g/mol. The molecule has 0 spiro atoms. The molecule has 0 aromatic heterocycles. The molecule has 0 N–H and O–H groups in total. The maximum atomic E-state index is 2.31. The molecule has 1 aliphatic carbocycles. The van der Waals surface area contributed by atoms with Crippen LogP contribution in [0, 0.1) is 11.8 Å². The predicted octanol–water partition coefficient (Wildman–Crippen LogP) is 4.34. The Morgan fingerprint density at radius 2 is 1.36 bits per heavy atom. The number of hydrogen-bond acceptors (Lipinski definition) is 0. The van der Waals surface area contributed by atoms with Gasteiger partial charge in [-0.05, 0) is 6.42 Å². The fraction of sp³-hybridized carbons (Fsp3) is 0.692. The normalized spacial score (nSPS) is 13.0. The molecule has 0 fully saturated rings. The van der Waals surface area contributed by atoms with E-state index >= 15 is 0 Å². The first kappa shape index (κ1) is 14.0. The van der Waals surface area contributed by atoms with Crippen LogP contribution in [-0.4, -0.2) is 15.2 Å². The molecule has 0 aromatic carbocycles. The molecule has 1 heteroatoms. The average Bonchev–Trinajstić information content (AvgIpc) is 2.58. The average molecular weight is 207 g/mol. The van der Waals surface area contributed by atoms with Crippen molar-refractivity contribution in [2.24, 2.45) is 11.8 Å². The third-order valence-electron chi connectivity index (χ3n) is 1.93. The van der Waals surface area contributed by atoms with Crippen LogP contribution in [0.25, 0.3) is 0 Å². The summed E-state index contributed by atoms with van der Waals surface area (Å²) in [5.74, 6) is 1.86. The van der Waals surface area contributed by atoms with Gasteiger partial charge < -0.3 is 0 Å². The van der Waals surface area contributed by atoms with E-state index in [0.717, 1.165) is 33.5 Å². The molecule has 0 saturated heterocycles. The fourth-order valence-electron chi connectivity index (χ4n) is 1.16. The molecule has 0 amide bonds. The van der Waals surface area contributed by atoms with Crippen LogP contribution in [0.3, 0.4) is 0 Å². The second-order valence-electron chi connectivity index (χ2n) is 4.64. The molecule has 0 unspecified atom stereocenters. The van der Waals surface area contributed by atoms with Gasteiger partial charge in [0, 0.05) is 0 Å². The number of allylic oxidation sites excluding steroid dienone is 4. The molecular weight excluding hydrogens is 183 g/mol. The first-order valence-electron chi connectivity index (χ1n) is 5.76. The van der Waals surface area contributed by atoms with Crippen LogP contribution in [-0.2, 0) is 0 Å². The van der Waals surface area contributed by atoms with E-state index in [4.69, 9.17) is 0 Å². The SMILES string of the molecule is C1=CCC=C1.CC(C)[CH2][Al+][CH2]C(C)C. The molecule has 14 heavy (non-hydrogen) atoms. The summed E-state index contributed by atoms with van der Waals surface area (Å²) < 4.78 is 0. The van der Waals surface area contributed by atoms with Crippen molar-refractivity contribution in [1.29, 1.82) is 0 Å². The van der Waals surface area contributed by atoms with Crippen LogP contribution in [0.4, 0.5) is 0 Å². The Bertz CT molecular complexity index is 148. The second-order valence-corrected chi connectivity index (χ2v) is 6.16. The van der Waals surface area contributed by atoms with Crippen LogP contribution >= 0.6 is 0 Å². The Kier molecular flexibility index (Phi) is 9.57. The molecule has 1 aliphatic rings. The molecule has 0 bridgehead atoms. The Morgan fingerprint density at radius 1 is 0.929 bits per heavy atom. The van der Waals surface area contributed by atoms with E-state index in [1.807, 2.05) is 0 Å². The van der Waals surface area contributed by atoms with Crippen molar-refractivity contribution in [2.75, 3.05) is 0 Å². The molecule has 0 aliphatic heterocycles. The summed E-state index contributed by atoms with van der Waals surface area (Å²) in [6.07, 6.45) is 9.50. The quantitative estimate of drug-likeness (QED) is 0.601. The summed E-state index contributed by atoms with van der Waals surface area (Å²) in [7, 11) is 0. The van der Waals surface area contributed by atoms with Gasteiger partial charge in [0.05, 0.1) is 0 Å². The van der Waals surface area contributed by atoms with Gasteiger partial charge in [0.2, 0.25) is 0 Å². The Balaban J connectivity index is 0.000000280. The van der Waals surface area contributed by atoms with Crippen molar-refractivity contribution < 1.29 is 0 Å². The summed E-state index contributed by atoms with van der Waals surface area (Å²) in [4.78, 5) is 0. The second kappa shape index (κ2) is 9.56. The van der Waals surface area contributed by atoms with Gasteiger partial charge in [-0.25, -0.2) is 0 Å². The van der Waals surface area contributed by atoms with Crippen molar-refractivity contribution in [3.63, 3.8) is 0 Å². The van der Waals surface area contributed by atoms with E-state index in [9.17, 15) is 0 Å². The van der Waals surface area contributed by atoms with E-state index < -0.39 is 0 Å². The van der Waals surface area contributed by atoms with Crippen molar-refractivity contribution >= 4 is 15.2 Å². The predicted molar refractivity (Wildman–Crippen MR) is 67.9 cm³/mol. The number of rotatable bonds is 4. The van der Waals surface area contributed by atoms with Crippen LogP contribution in [0.1, 0.15) is 34.1 Å². The van der Waals surface area contributed by atoms with Crippen molar-refractivity contribution in [3.05, 3.63) is 24.3 Å². The summed E-state index contributed by atoms with van der Waals surface area (Å²) in [5, 5.41) is 2.97. The standard InChI is InChI=1S/C5H6.2C4H9.Al/c1-2-4-5-3-1;2*1-4(2)3;/h1-4H,5H2;2*4H,1H2,2-3H3;/q;;;+1. The molecule has 0 aromatic rings. The zero-order valence-corrected chi connectivity index (χ0v) is 11.3. The zero-order chi connectivity index (χ0) is 10.8. The molecule has 0 heterocycles. The van der Waals surface area contributed by atoms with Crippen molar-refractivity contribution in [3.8, 4) is 0 Å². The van der Waals surface area contributed by atoms with E-state index in [1.54, 1.807) is 0 Å². The minimum atomic E-state index is 0.755. The zero-order valence-electron chi connectivity index (χ0n) is 10.2. The minimum absolute atomic E-state index is 0.755. The third-order valence-corrected chi connectivity index (χ3v) is 4.48. The van der Waals surface area contributed by atoms with Gasteiger partial charge in [-0.2, -0.15) is 0 Å². The summed E-state index contributed by atoms with van der Waals surface area (Å²) in [6.45, 7) is 9.25. The van der Waals surface area contributed by atoms with E-state index in [2.05, 4.69) is 52.0 Å². The molecule has 0 atom stereocenters. The Hall–Kier alpha value is 0.0125. The molecule has 1 rings (SSSR count). The van der Waals surface area contributed by atoms with E-state index in [0.29, 0.717) is 0 Å². The summed E-state index contributed by atoms with van der Waals surface area (Å²) in [6, 6.07) is 0. The molecule has 0 saturated carbocycles. The third kappa shape index (κ3) is 12.0. The van der Waals surface area contributed by atoms with E-state index in [1.165, 1.54) is 10.6 Å². The van der Waals surface area contributed by atoms with Crippen molar-refractivity contribution in [1.82, 2.24) is 0 Å². The van der Waals surface area contributed by atoms with Gasteiger partial charge in [-0.3, -0.25) is 0 Å². The van der Waals surface area contributed by atoms with Gasteiger partial charge in [0.25, 0.3) is 0 Å². The summed E-state index contributed by atoms with van der Waals surface area (Å²) >= 11 is 0.755. The van der Waals surface area contributed by atoms with Crippen molar-refractivity contribution in [2.45, 2.75) is 44.7 Å². The number of hydrogen-bond donors (Lipinski definition) is 0. The molecule has 0 radical (unpaired) electrons. The van der Waals surface area contributed by atoms with Gasteiger partial charge in [-0.15, -0.1) is 0 Å². The van der Waals surface area contributed by atoms with Crippen LogP contribution in [0.5, 0.6) is 0 Å². The van der Waals surface area contributed by atoms with Crippen LogP contribution < -0.4 is 0 Å². The van der Waals surface area contributed by atoms with E-state index in [-0.39, 0.29) is 0 Å². The first-order chi connectivity index (χ1) is 6.63. The first-order valence-corrected chi connectivity index (χ1v) is 7.39. The van der Waals surface area contributed by atoms with Crippen LogP contribution in [0.2, 0.25) is 10.6 Å². The Morgan fingerprint density at radius 3 is 1.57 bits per heavy atom. The molecule has 78 valence electrons.